The van der Waals surface area contributed by atoms with Crippen molar-refractivity contribution in [3.8, 4) is 6.07 Å². The van der Waals surface area contributed by atoms with E-state index in [0.717, 1.165) is 23.0 Å². The molecule has 0 bridgehead atoms. The van der Waals surface area contributed by atoms with Gasteiger partial charge in [0.1, 0.15) is 0 Å². The lowest BCUT2D eigenvalue weighted by atomic mass is 10.0. The smallest absolute Gasteiger partial charge is 0.161 e. The molecule has 0 atom stereocenters. The highest BCUT2D eigenvalue weighted by Crippen LogP contribution is 2.29. The Bertz CT molecular complexity index is 532. The van der Waals surface area contributed by atoms with Crippen molar-refractivity contribution in [3.63, 3.8) is 0 Å². The molecule has 1 aromatic rings. The van der Waals surface area contributed by atoms with Crippen LogP contribution in [0.15, 0.2) is 23.2 Å². The van der Waals surface area contributed by atoms with E-state index in [1.54, 1.807) is 30.0 Å². The van der Waals surface area contributed by atoms with Gasteiger partial charge < -0.3 is 5.32 Å². The summed E-state index contributed by atoms with van der Waals surface area (Å²) >= 11 is 7.79. The third-order valence-electron chi connectivity index (χ3n) is 2.69. The van der Waals surface area contributed by atoms with Crippen LogP contribution in [0.2, 0.25) is 5.02 Å². The summed E-state index contributed by atoms with van der Waals surface area (Å²) < 4.78 is 0. The molecular formula is C13H14ClN3S. The van der Waals surface area contributed by atoms with Crippen molar-refractivity contribution in [1.29, 1.82) is 5.26 Å². The summed E-state index contributed by atoms with van der Waals surface area (Å²) in [5.41, 5.74) is 1.29. The van der Waals surface area contributed by atoms with Crippen LogP contribution in [-0.4, -0.2) is 16.5 Å². The van der Waals surface area contributed by atoms with Crippen molar-refractivity contribution in [2.24, 2.45) is 4.99 Å². The van der Waals surface area contributed by atoms with E-state index in [4.69, 9.17) is 16.9 Å². The summed E-state index contributed by atoms with van der Waals surface area (Å²) in [5.74, 6) is 1.04. The number of nitriles is 1. The SMILES string of the molecule is CC1(C)CCSC(Nc2cc(C#N)ccc2Cl)=N1. The van der Waals surface area contributed by atoms with Gasteiger partial charge in [-0.3, -0.25) is 4.99 Å². The van der Waals surface area contributed by atoms with Crippen molar-refractivity contribution in [2.75, 3.05) is 11.1 Å². The van der Waals surface area contributed by atoms with Crippen LogP contribution in [0, 0.1) is 11.3 Å². The summed E-state index contributed by atoms with van der Waals surface area (Å²) in [6.45, 7) is 4.23. The van der Waals surface area contributed by atoms with Crippen molar-refractivity contribution >= 4 is 34.2 Å². The Morgan fingerprint density at radius 1 is 1.50 bits per heavy atom. The summed E-state index contributed by atoms with van der Waals surface area (Å²) in [6.07, 6.45) is 1.06. The molecule has 5 heteroatoms. The van der Waals surface area contributed by atoms with Crippen molar-refractivity contribution in [3.05, 3.63) is 28.8 Å². The summed E-state index contributed by atoms with van der Waals surface area (Å²) in [4.78, 5) is 4.63. The van der Waals surface area contributed by atoms with Gasteiger partial charge in [-0.1, -0.05) is 23.4 Å². The number of aliphatic imine (C=N–C) groups is 1. The number of hydrogen-bond acceptors (Lipinski definition) is 4. The first-order valence-corrected chi connectivity index (χ1v) is 7.06. The lowest BCUT2D eigenvalue weighted by Gasteiger charge is -2.26. The number of nitrogens with one attached hydrogen (secondary N) is 1. The first kappa shape index (κ1) is 13.3. The fourth-order valence-electron chi connectivity index (χ4n) is 1.63. The molecule has 2 rings (SSSR count). The van der Waals surface area contributed by atoms with Crippen LogP contribution < -0.4 is 5.32 Å². The number of halogens is 1. The number of thioether (sulfide) groups is 1. The molecule has 0 amide bonds. The van der Waals surface area contributed by atoms with Gasteiger partial charge in [-0.05, 0) is 38.5 Å². The van der Waals surface area contributed by atoms with Crippen LogP contribution in [-0.2, 0) is 0 Å². The molecule has 1 aliphatic heterocycles. The van der Waals surface area contributed by atoms with E-state index in [0.29, 0.717) is 10.6 Å². The van der Waals surface area contributed by atoms with Gasteiger partial charge in [0, 0.05) is 5.75 Å². The number of rotatable bonds is 1. The molecule has 0 radical (unpaired) electrons. The minimum atomic E-state index is -0.0348. The lowest BCUT2D eigenvalue weighted by molar-refractivity contribution is 0.507. The molecule has 18 heavy (non-hydrogen) atoms. The molecule has 1 N–H and O–H groups in total. The molecule has 0 aromatic heterocycles. The van der Waals surface area contributed by atoms with E-state index in [-0.39, 0.29) is 5.54 Å². The first-order valence-electron chi connectivity index (χ1n) is 5.69. The predicted octanol–water partition coefficient (Wildman–Crippen LogP) is 3.90. The van der Waals surface area contributed by atoms with Gasteiger partial charge in [-0.25, -0.2) is 0 Å². The van der Waals surface area contributed by atoms with Crippen LogP contribution in [0.25, 0.3) is 0 Å². The molecular weight excluding hydrogens is 266 g/mol. The van der Waals surface area contributed by atoms with Gasteiger partial charge in [0.25, 0.3) is 0 Å². The van der Waals surface area contributed by atoms with E-state index in [9.17, 15) is 0 Å². The average Bonchev–Trinajstić information content (AvgIpc) is 2.31. The average molecular weight is 280 g/mol. The molecule has 0 saturated carbocycles. The van der Waals surface area contributed by atoms with Gasteiger partial charge in [0.05, 0.1) is 27.9 Å². The highest BCUT2D eigenvalue weighted by atomic mass is 35.5. The Morgan fingerprint density at radius 2 is 2.28 bits per heavy atom. The van der Waals surface area contributed by atoms with Gasteiger partial charge >= 0.3 is 0 Å². The lowest BCUT2D eigenvalue weighted by Crippen LogP contribution is -2.27. The second-order valence-electron chi connectivity index (χ2n) is 4.76. The second-order valence-corrected chi connectivity index (χ2v) is 6.25. The Hall–Kier alpha value is -1.18. The Kier molecular flexibility index (Phi) is 3.84. The molecule has 3 nitrogen and oxygen atoms in total. The quantitative estimate of drug-likeness (QED) is 0.848. The summed E-state index contributed by atoms with van der Waals surface area (Å²) in [6, 6.07) is 7.27. The normalized spacial score (nSPS) is 17.8. The van der Waals surface area contributed by atoms with Gasteiger partial charge in [0.2, 0.25) is 0 Å². The topological polar surface area (TPSA) is 48.2 Å². The highest BCUT2D eigenvalue weighted by Gasteiger charge is 2.22. The van der Waals surface area contributed by atoms with Crippen LogP contribution in [0.5, 0.6) is 0 Å². The molecule has 0 saturated heterocycles. The predicted molar refractivity (Wildman–Crippen MR) is 78.4 cm³/mol. The fourth-order valence-corrected chi connectivity index (χ4v) is 3.08. The first-order chi connectivity index (χ1) is 8.50. The maximum Gasteiger partial charge on any atom is 0.161 e. The highest BCUT2D eigenvalue weighted by molar-refractivity contribution is 8.14. The third-order valence-corrected chi connectivity index (χ3v) is 3.90. The summed E-state index contributed by atoms with van der Waals surface area (Å²) in [7, 11) is 0. The van der Waals surface area contributed by atoms with Crippen molar-refractivity contribution in [2.45, 2.75) is 25.8 Å². The zero-order chi connectivity index (χ0) is 13.2. The molecule has 0 aliphatic carbocycles. The van der Waals surface area contributed by atoms with Crippen LogP contribution >= 0.6 is 23.4 Å². The van der Waals surface area contributed by atoms with Crippen LogP contribution in [0.1, 0.15) is 25.8 Å². The Morgan fingerprint density at radius 3 is 2.94 bits per heavy atom. The maximum absolute atomic E-state index is 8.89. The van der Waals surface area contributed by atoms with E-state index in [2.05, 4.69) is 30.2 Å². The largest absolute Gasteiger partial charge is 0.334 e. The Balaban J connectivity index is 2.24. The van der Waals surface area contributed by atoms with Crippen LogP contribution in [0.3, 0.4) is 0 Å². The van der Waals surface area contributed by atoms with Gasteiger partial charge in [-0.2, -0.15) is 5.26 Å². The molecule has 0 unspecified atom stereocenters. The second kappa shape index (κ2) is 5.21. The van der Waals surface area contributed by atoms with E-state index < -0.39 is 0 Å². The summed E-state index contributed by atoms with van der Waals surface area (Å²) in [5, 5.41) is 13.6. The van der Waals surface area contributed by atoms with Crippen LogP contribution in [0.4, 0.5) is 5.69 Å². The van der Waals surface area contributed by atoms with E-state index in [1.807, 2.05) is 0 Å². The van der Waals surface area contributed by atoms with E-state index in [1.165, 1.54) is 0 Å². The monoisotopic (exact) mass is 279 g/mol. The third kappa shape index (κ3) is 3.18. The number of benzene rings is 1. The molecule has 1 heterocycles. The zero-order valence-electron chi connectivity index (χ0n) is 10.3. The fraction of sp³-hybridized carbons (Fsp3) is 0.385. The molecule has 0 spiro atoms. The number of hydrogen-bond donors (Lipinski definition) is 1. The van der Waals surface area contributed by atoms with Crippen molar-refractivity contribution in [1.82, 2.24) is 0 Å². The minimum absolute atomic E-state index is 0.0348. The number of anilines is 1. The number of nitrogens with zero attached hydrogens (tertiary/aromatic N) is 2. The van der Waals surface area contributed by atoms with E-state index >= 15 is 0 Å². The standard InChI is InChI=1S/C13H14ClN3S/c1-13(2)5-6-18-12(17-13)16-11-7-9(8-15)3-4-10(11)14/h3-4,7H,5-6H2,1-2H3,(H,16,17). The minimum Gasteiger partial charge on any atom is -0.334 e. The zero-order valence-corrected chi connectivity index (χ0v) is 11.9. The maximum atomic E-state index is 8.89. The molecule has 1 aliphatic rings. The Labute approximate surface area is 116 Å². The molecule has 94 valence electrons. The number of amidine groups is 1. The van der Waals surface area contributed by atoms with Crippen molar-refractivity contribution < 1.29 is 0 Å². The molecule has 0 fully saturated rings. The van der Waals surface area contributed by atoms with Gasteiger partial charge in [-0.15, -0.1) is 0 Å². The van der Waals surface area contributed by atoms with Gasteiger partial charge in [0.15, 0.2) is 5.17 Å². The molecule has 1 aromatic carbocycles.